The first-order valence-electron chi connectivity index (χ1n) is 11.4. The van der Waals surface area contributed by atoms with Crippen LogP contribution >= 0.6 is 0 Å². The zero-order valence-electron chi connectivity index (χ0n) is 18.8. The fraction of sp³-hybridized carbons (Fsp3) is 0.708. The van der Waals surface area contributed by atoms with Crippen LogP contribution in [0.3, 0.4) is 0 Å². The van der Waals surface area contributed by atoms with E-state index in [0.29, 0.717) is 19.3 Å². The first kappa shape index (κ1) is 23.7. The smallest absolute Gasteiger partial charge is 0.256 e. The number of carbonyl (C=O) groups is 1. The summed E-state index contributed by atoms with van der Waals surface area (Å²) < 4.78 is 11.8. The molecule has 0 radical (unpaired) electrons. The Labute approximate surface area is 177 Å². The lowest BCUT2D eigenvalue weighted by atomic mass is 9.97. The molecule has 1 saturated heterocycles. The molecule has 2 rings (SSSR count). The molecule has 1 aromatic rings. The molecule has 0 aliphatic carbocycles. The highest BCUT2D eigenvalue weighted by Crippen LogP contribution is 2.23. The van der Waals surface area contributed by atoms with Crippen LogP contribution in [0.25, 0.3) is 0 Å². The van der Waals surface area contributed by atoms with Gasteiger partial charge < -0.3 is 14.8 Å². The van der Waals surface area contributed by atoms with E-state index in [1.807, 2.05) is 31.2 Å². The average molecular weight is 405 g/mol. The van der Waals surface area contributed by atoms with Gasteiger partial charge in [-0.25, -0.2) is 0 Å². The van der Waals surface area contributed by atoms with Crippen LogP contribution in [0.4, 0.5) is 5.69 Å². The molecule has 29 heavy (non-hydrogen) atoms. The normalized spacial score (nSPS) is 19.5. The molecule has 5 heteroatoms. The maximum atomic E-state index is 12.8. The van der Waals surface area contributed by atoms with Crippen LogP contribution in [0.15, 0.2) is 24.3 Å². The molecule has 0 bridgehead atoms. The Morgan fingerprint density at radius 1 is 1.17 bits per heavy atom. The second-order valence-corrected chi connectivity index (χ2v) is 8.39. The molecule has 1 aromatic carbocycles. The van der Waals surface area contributed by atoms with Gasteiger partial charge in [-0.2, -0.15) is 0 Å². The number of amides is 1. The van der Waals surface area contributed by atoms with Crippen molar-refractivity contribution in [1.82, 2.24) is 4.90 Å². The minimum Gasteiger partial charge on any atom is -0.492 e. The Hall–Kier alpha value is -1.59. The van der Waals surface area contributed by atoms with Gasteiger partial charge in [0.05, 0.1) is 0 Å². The predicted octanol–water partition coefficient (Wildman–Crippen LogP) is 5.25. The summed E-state index contributed by atoms with van der Waals surface area (Å²) >= 11 is 0. The van der Waals surface area contributed by atoms with Crippen molar-refractivity contribution in [1.29, 1.82) is 0 Å². The van der Waals surface area contributed by atoms with E-state index in [9.17, 15) is 4.79 Å². The van der Waals surface area contributed by atoms with Gasteiger partial charge >= 0.3 is 0 Å². The topological polar surface area (TPSA) is 50.8 Å². The molecule has 1 fully saturated rings. The number of benzene rings is 1. The average Bonchev–Trinajstić information content (AvgIpc) is 2.73. The highest BCUT2D eigenvalue weighted by molar-refractivity contribution is 5.97. The Morgan fingerprint density at radius 3 is 2.59 bits per heavy atom. The SMILES string of the molecule is CCCCC(C)(OCCC)C(=O)Nc1ccc(OCCN2CCCCC2C)cc1. The number of likely N-dealkylation sites (tertiary alicyclic amines) is 1. The van der Waals surface area contributed by atoms with Crippen LogP contribution in [-0.4, -0.2) is 48.8 Å². The zero-order chi connectivity index (χ0) is 21.1. The molecule has 1 amide bonds. The monoisotopic (exact) mass is 404 g/mol. The number of anilines is 1. The highest BCUT2D eigenvalue weighted by atomic mass is 16.5. The number of nitrogens with one attached hydrogen (secondary N) is 1. The first-order chi connectivity index (χ1) is 14.0. The molecule has 1 heterocycles. The van der Waals surface area contributed by atoms with Crippen molar-refractivity contribution in [3.05, 3.63) is 24.3 Å². The fourth-order valence-corrected chi connectivity index (χ4v) is 3.76. The summed E-state index contributed by atoms with van der Waals surface area (Å²) in [6.45, 7) is 11.8. The molecule has 1 N–H and O–H groups in total. The van der Waals surface area contributed by atoms with Gasteiger partial charge in [-0.1, -0.05) is 33.1 Å². The molecule has 5 nitrogen and oxygen atoms in total. The number of hydrogen-bond donors (Lipinski definition) is 1. The summed E-state index contributed by atoms with van der Waals surface area (Å²) in [6.07, 6.45) is 7.55. The number of nitrogens with zero attached hydrogens (tertiary/aromatic N) is 1. The van der Waals surface area contributed by atoms with E-state index in [-0.39, 0.29) is 5.91 Å². The second-order valence-electron chi connectivity index (χ2n) is 8.39. The van der Waals surface area contributed by atoms with Crippen LogP contribution in [0.1, 0.15) is 72.6 Å². The van der Waals surface area contributed by atoms with Gasteiger partial charge in [-0.3, -0.25) is 9.69 Å². The quantitative estimate of drug-likeness (QED) is 0.517. The van der Waals surface area contributed by atoms with Gasteiger partial charge in [0.15, 0.2) is 0 Å². The van der Waals surface area contributed by atoms with Gasteiger partial charge in [0.2, 0.25) is 0 Å². The summed E-state index contributed by atoms with van der Waals surface area (Å²) in [4.78, 5) is 15.3. The van der Waals surface area contributed by atoms with Crippen molar-refractivity contribution in [2.75, 3.05) is 31.6 Å². The molecule has 2 unspecified atom stereocenters. The third-order valence-electron chi connectivity index (χ3n) is 5.81. The van der Waals surface area contributed by atoms with Crippen molar-refractivity contribution in [2.24, 2.45) is 0 Å². The van der Waals surface area contributed by atoms with Crippen LogP contribution in [0.2, 0.25) is 0 Å². The van der Waals surface area contributed by atoms with E-state index in [2.05, 4.69) is 31.0 Å². The van der Waals surface area contributed by atoms with Crippen molar-refractivity contribution in [2.45, 2.75) is 84.3 Å². The van der Waals surface area contributed by atoms with E-state index in [1.54, 1.807) is 0 Å². The molecule has 1 aliphatic rings. The Balaban J connectivity index is 1.84. The number of carbonyl (C=O) groups excluding carboxylic acids is 1. The molecule has 2 atom stereocenters. The van der Waals surface area contributed by atoms with Crippen LogP contribution in [-0.2, 0) is 9.53 Å². The van der Waals surface area contributed by atoms with Crippen LogP contribution in [0.5, 0.6) is 5.75 Å². The van der Waals surface area contributed by atoms with Crippen molar-refractivity contribution in [3.8, 4) is 5.75 Å². The molecule has 1 aliphatic heterocycles. The van der Waals surface area contributed by atoms with Crippen LogP contribution < -0.4 is 10.1 Å². The van der Waals surface area contributed by atoms with Gasteiger partial charge in [-0.15, -0.1) is 0 Å². The zero-order valence-corrected chi connectivity index (χ0v) is 18.8. The summed E-state index contributed by atoms with van der Waals surface area (Å²) in [7, 11) is 0. The van der Waals surface area contributed by atoms with Crippen LogP contribution in [0, 0.1) is 0 Å². The maximum Gasteiger partial charge on any atom is 0.256 e. The Bertz CT molecular complexity index is 595. The summed E-state index contributed by atoms with van der Waals surface area (Å²) in [5, 5.41) is 3.01. The summed E-state index contributed by atoms with van der Waals surface area (Å²) in [5.41, 5.74) is -0.0124. The lowest BCUT2D eigenvalue weighted by molar-refractivity contribution is -0.140. The minimum atomic E-state index is -0.785. The Morgan fingerprint density at radius 2 is 1.93 bits per heavy atom. The van der Waals surface area contributed by atoms with Gasteiger partial charge in [0.25, 0.3) is 5.91 Å². The van der Waals surface area contributed by atoms with Gasteiger partial charge in [-0.05, 0) is 70.3 Å². The molecular weight excluding hydrogens is 364 g/mol. The summed E-state index contributed by atoms with van der Waals surface area (Å²) in [5.74, 6) is 0.760. The number of unbranched alkanes of at least 4 members (excludes halogenated alkanes) is 1. The summed E-state index contributed by atoms with van der Waals surface area (Å²) in [6, 6.07) is 8.30. The maximum absolute atomic E-state index is 12.8. The second kappa shape index (κ2) is 12.2. The number of piperidine rings is 1. The van der Waals surface area contributed by atoms with Crippen molar-refractivity contribution >= 4 is 11.6 Å². The minimum absolute atomic E-state index is 0.0767. The lowest BCUT2D eigenvalue weighted by Crippen LogP contribution is -2.43. The standard InChI is InChI=1S/C24H40N2O3/c1-5-7-15-24(4,29-18-6-2)23(27)25-21-11-13-22(14-12-21)28-19-17-26-16-9-8-10-20(26)3/h11-14,20H,5-10,15-19H2,1-4H3,(H,25,27). The van der Waals surface area contributed by atoms with Gasteiger partial charge in [0, 0.05) is 24.9 Å². The van der Waals surface area contributed by atoms with E-state index in [1.165, 1.54) is 25.8 Å². The number of ether oxygens (including phenoxy) is 2. The largest absolute Gasteiger partial charge is 0.492 e. The lowest BCUT2D eigenvalue weighted by Gasteiger charge is -2.33. The molecule has 164 valence electrons. The first-order valence-corrected chi connectivity index (χ1v) is 11.4. The Kier molecular flexibility index (Phi) is 9.95. The van der Waals surface area contributed by atoms with Crippen molar-refractivity contribution in [3.63, 3.8) is 0 Å². The van der Waals surface area contributed by atoms with E-state index in [4.69, 9.17) is 9.47 Å². The van der Waals surface area contributed by atoms with Crippen molar-refractivity contribution < 1.29 is 14.3 Å². The van der Waals surface area contributed by atoms with Gasteiger partial charge in [0.1, 0.15) is 18.0 Å². The molecular formula is C24H40N2O3. The third-order valence-corrected chi connectivity index (χ3v) is 5.81. The molecule has 0 saturated carbocycles. The highest BCUT2D eigenvalue weighted by Gasteiger charge is 2.33. The van der Waals surface area contributed by atoms with E-state index < -0.39 is 5.60 Å². The van der Waals surface area contributed by atoms with E-state index >= 15 is 0 Å². The molecule has 0 aromatic heterocycles. The van der Waals surface area contributed by atoms with E-state index in [0.717, 1.165) is 43.7 Å². The third kappa shape index (κ3) is 7.63. The molecule has 0 spiro atoms. The fourth-order valence-electron chi connectivity index (χ4n) is 3.76. The predicted molar refractivity (Wildman–Crippen MR) is 120 cm³/mol. The number of hydrogen-bond acceptors (Lipinski definition) is 4. The number of rotatable bonds is 12.